The van der Waals surface area contributed by atoms with E-state index in [2.05, 4.69) is 25.7 Å². The standard InChI is InChI=1S/C20H17ClFN7O/c1-13-19(25-27-29(13)15-2-3-17(22)16(21)12-15)20(30)24-18-7-11-28(26-18)10-6-14-4-8-23-9-5-14/h2-5,7-9,11-12H,6,10H2,1H3,(H,24,26,30). The van der Waals surface area contributed by atoms with Crippen LogP contribution in [0.3, 0.4) is 0 Å². The molecule has 0 radical (unpaired) electrons. The second-order valence-corrected chi connectivity index (χ2v) is 6.96. The molecule has 1 aromatic carbocycles. The zero-order valence-electron chi connectivity index (χ0n) is 16.0. The topological polar surface area (TPSA) is 90.5 Å². The molecule has 30 heavy (non-hydrogen) atoms. The number of amides is 1. The van der Waals surface area contributed by atoms with Crippen LogP contribution < -0.4 is 5.32 Å². The first-order chi connectivity index (χ1) is 14.5. The number of carbonyl (C=O) groups excluding carboxylic acids is 1. The van der Waals surface area contributed by atoms with E-state index in [1.165, 1.54) is 22.9 Å². The van der Waals surface area contributed by atoms with Crippen LogP contribution in [0.15, 0.2) is 55.0 Å². The van der Waals surface area contributed by atoms with Crippen molar-refractivity contribution in [2.24, 2.45) is 0 Å². The first-order valence-electron chi connectivity index (χ1n) is 9.12. The molecule has 0 unspecified atom stereocenters. The predicted molar refractivity (Wildman–Crippen MR) is 109 cm³/mol. The minimum Gasteiger partial charge on any atom is -0.304 e. The van der Waals surface area contributed by atoms with Crippen molar-refractivity contribution >= 4 is 23.3 Å². The molecule has 0 fully saturated rings. The summed E-state index contributed by atoms with van der Waals surface area (Å²) in [5, 5.41) is 15.0. The number of hydrogen-bond acceptors (Lipinski definition) is 5. The summed E-state index contributed by atoms with van der Waals surface area (Å²) in [6.07, 6.45) is 6.09. The van der Waals surface area contributed by atoms with E-state index in [0.29, 0.717) is 23.7 Å². The first kappa shape index (κ1) is 19.7. The Morgan fingerprint density at radius 1 is 1.20 bits per heavy atom. The average Bonchev–Trinajstić information content (AvgIpc) is 3.35. The number of anilines is 1. The van der Waals surface area contributed by atoms with Gasteiger partial charge in [0, 0.05) is 31.2 Å². The quantitative estimate of drug-likeness (QED) is 0.511. The fraction of sp³-hybridized carbons (Fsp3) is 0.150. The Hall–Kier alpha value is -3.59. The van der Waals surface area contributed by atoms with Crippen LogP contribution in [0.1, 0.15) is 21.7 Å². The highest BCUT2D eigenvalue weighted by atomic mass is 35.5. The summed E-state index contributed by atoms with van der Waals surface area (Å²) in [5.41, 5.74) is 2.29. The largest absolute Gasteiger partial charge is 0.304 e. The van der Waals surface area contributed by atoms with Crippen LogP contribution >= 0.6 is 11.6 Å². The molecular formula is C20H17ClFN7O. The van der Waals surface area contributed by atoms with Gasteiger partial charge in [-0.25, -0.2) is 9.07 Å². The Morgan fingerprint density at radius 3 is 2.77 bits per heavy atom. The third-order valence-electron chi connectivity index (χ3n) is 4.52. The summed E-state index contributed by atoms with van der Waals surface area (Å²) in [7, 11) is 0. The lowest BCUT2D eigenvalue weighted by Crippen LogP contribution is -2.15. The number of pyridine rings is 1. The molecule has 10 heteroatoms. The summed E-state index contributed by atoms with van der Waals surface area (Å²) >= 11 is 5.83. The van der Waals surface area contributed by atoms with Crippen molar-refractivity contribution in [1.29, 1.82) is 0 Å². The van der Waals surface area contributed by atoms with Crippen molar-refractivity contribution in [3.8, 4) is 5.69 Å². The maximum atomic E-state index is 13.4. The molecule has 0 aliphatic carbocycles. The second kappa shape index (κ2) is 8.42. The fourth-order valence-electron chi connectivity index (χ4n) is 2.92. The van der Waals surface area contributed by atoms with E-state index in [9.17, 15) is 9.18 Å². The number of rotatable bonds is 6. The highest BCUT2D eigenvalue weighted by molar-refractivity contribution is 6.30. The summed E-state index contributed by atoms with van der Waals surface area (Å²) < 4.78 is 16.6. The van der Waals surface area contributed by atoms with Gasteiger partial charge in [0.1, 0.15) is 5.82 Å². The number of halogens is 2. The van der Waals surface area contributed by atoms with Gasteiger partial charge in [-0.2, -0.15) is 5.10 Å². The summed E-state index contributed by atoms with van der Waals surface area (Å²) in [6, 6.07) is 9.78. The van der Waals surface area contributed by atoms with Gasteiger partial charge in [-0.05, 0) is 49.2 Å². The molecule has 0 spiro atoms. The lowest BCUT2D eigenvalue weighted by molar-refractivity contribution is 0.102. The Kier molecular flexibility index (Phi) is 5.53. The Bertz CT molecular complexity index is 1190. The van der Waals surface area contributed by atoms with Gasteiger partial charge in [0.2, 0.25) is 0 Å². The predicted octanol–water partition coefficient (Wildman–Crippen LogP) is 3.45. The van der Waals surface area contributed by atoms with Crippen LogP contribution in [0, 0.1) is 12.7 Å². The Morgan fingerprint density at radius 2 is 2.00 bits per heavy atom. The van der Waals surface area contributed by atoms with Gasteiger partial charge in [0.05, 0.1) is 16.4 Å². The highest BCUT2D eigenvalue weighted by Gasteiger charge is 2.19. The van der Waals surface area contributed by atoms with Crippen molar-refractivity contribution in [2.75, 3.05) is 5.32 Å². The van der Waals surface area contributed by atoms with Gasteiger partial charge in [-0.3, -0.25) is 14.5 Å². The molecule has 0 aliphatic heterocycles. The molecule has 0 atom stereocenters. The molecule has 0 saturated heterocycles. The first-order valence-corrected chi connectivity index (χ1v) is 9.50. The molecule has 4 rings (SSSR count). The third-order valence-corrected chi connectivity index (χ3v) is 4.81. The molecule has 0 aliphatic rings. The molecule has 1 N–H and O–H groups in total. The molecule has 3 heterocycles. The fourth-order valence-corrected chi connectivity index (χ4v) is 3.10. The van der Waals surface area contributed by atoms with Gasteiger partial charge in [0.25, 0.3) is 5.91 Å². The molecule has 1 amide bonds. The molecule has 3 aromatic heterocycles. The monoisotopic (exact) mass is 425 g/mol. The number of carbonyl (C=O) groups is 1. The molecule has 0 saturated carbocycles. The SMILES string of the molecule is Cc1c(C(=O)Nc2ccn(CCc3ccncc3)n2)nnn1-c1ccc(F)c(Cl)c1. The van der Waals surface area contributed by atoms with Crippen LogP contribution in [0.5, 0.6) is 0 Å². The van der Waals surface area contributed by atoms with Crippen LogP contribution in [0.4, 0.5) is 10.2 Å². The maximum absolute atomic E-state index is 13.4. The lowest BCUT2D eigenvalue weighted by atomic mass is 10.2. The van der Waals surface area contributed by atoms with Gasteiger partial charge >= 0.3 is 0 Å². The van der Waals surface area contributed by atoms with E-state index in [1.54, 1.807) is 36.3 Å². The number of aromatic nitrogens is 6. The van der Waals surface area contributed by atoms with E-state index in [-0.39, 0.29) is 10.7 Å². The Labute approximate surface area is 176 Å². The van der Waals surface area contributed by atoms with Crippen LogP contribution in [0.25, 0.3) is 5.69 Å². The van der Waals surface area contributed by atoms with Crippen molar-refractivity contribution < 1.29 is 9.18 Å². The van der Waals surface area contributed by atoms with E-state index in [4.69, 9.17) is 11.6 Å². The summed E-state index contributed by atoms with van der Waals surface area (Å²) in [4.78, 5) is 16.6. The normalized spacial score (nSPS) is 10.9. The van der Waals surface area contributed by atoms with E-state index >= 15 is 0 Å². The molecular weight excluding hydrogens is 409 g/mol. The molecule has 4 aromatic rings. The number of hydrogen-bond donors (Lipinski definition) is 1. The van der Waals surface area contributed by atoms with Gasteiger partial charge < -0.3 is 5.32 Å². The molecule has 152 valence electrons. The minimum absolute atomic E-state index is 0.0364. The molecule has 0 bridgehead atoms. The Balaban J connectivity index is 1.44. The second-order valence-electron chi connectivity index (χ2n) is 6.56. The van der Waals surface area contributed by atoms with Crippen LogP contribution in [-0.2, 0) is 13.0 Å². The zero-order chi connectivity index (χ0) is 21.1. The van der Waals surface area contributed by atoms with Gasteiger partial charge in [-0.1, -0.05) is 16.8 Å². The van der Waals surface area contributed by atoms with Crippen molar-refractivity contribution in [1.82, 2.24) is 29.8 Å². The van der Waals surface area contributed by atoms with Crippen molar-refractivity contribution in [3.05, 3.63) is 82.8 Å². The minimum atomic E-state index is -0.532. The van der Waals surface area contributed by atoms with Gasteiger partial charge in [0.15, 0.2) is 11.5 Å². The number of nitrogens with one attached hydrogen (secondary N) is 1. The molecule has 8 nitrogen and oxygen atoms in total. The lowest BCUT2D eigenvalue weighted by Gasteiger charge is -2.05. The van der Waals surface area contributed by atoms with Crippen molar-refractivity contribution in [2.45, 2.75) is 19.9 Å². The van der Waals surface area contributed by atoms with Crippen LogP contribution in [0.2, 0.25) is 5.02 Å². The summed E-state index contributed by atoms with van der Waals surface area (Å²) in [6.45, 7) is 2.36. The number of aryl methyl sites for hydroxylation is 2. The number of benzene rings is 1. The zero-order valence-corrected chi connectivity index (χ0v) is 16.7. The van der Waals surface area contributed by atoms with E-state index in [1.807, 2.05) is 12.1 Å². The average molecular weight is 426 g/mol. The highest BCUT2D eigenvalue weighted by Crippen LogP contribution is 2.20. The van der Waals surface area contributed by atoms with Crippen LogP contribution in [-0.4, -0.2) is 35.7 Å². The van der Waals surface area contributed by atoms with E-state index < -0.39 is 11.7 Å². The van der Waals surface area contributed by atoms with Crippen molar-refractivity contribution in [3.63, 3.8) is 0 Å². The number of nitrogens with zero attached hydrogens (tertiary/aromatic N) is 6. The van der Waals surface area contributed by atoms with Gasteiger partial charge in [-0.15, -0.1) is 5.10 Å². The van der Waals surface area contributed by atoms with E-state index in [0.717, 1.165) is 12.0 Å². The maximum Gasteiger partial charge on any atom is 0.279 e. The summed E-state index contributed by atoms with van der Waals surface area (Å²) in [5.74, 6) is -0.560. The smallest absolute Gasteiger partial charge is 0.279 e. The third kappa shape index (κ3) is 4.20.